The van der Waals surface area contributed by atoms with Crippen molar-refractivity contribution in [2.75, 3.05) is 6.61 Å². The molecule has 2 aromatic carbocycles. The van der Waals surface area contributed by atoms with Gasteiger partial charge in [0.15, 0.2) is 0 Å². The molecule has 2 heterocycles. The van der Waals surface area contributed by atoms with Crippen molar-refractivity contribution in [1.82, 2.24) is 10.3 Å². The molecular formula is C28H28N2O5S. The van der Waals surface area contributed by atoms with E-state index in [1.807, 2.05) is 68.4 Å². The Morgan fingerprint density at radius 1 is 1.06 bits per heavy atom. The number of ether oxygens (including phenoxy) is 1. The molecule has 4 rings (SSSR count). The quantitative estimate of drug-likeness (QED) is 0.276. The Bertz CT molecular complexity index is 1340. The summed E-state index contributed by atoms with van der Waals surface area (Å²) in [5.74, 6) is 0.970. The first-order chi connectivity index (χ1) is 17.4. The third kappa shape index (κ3) is 6.60. The number of carboxylic acids is 1. The van der Waals surface area contributed by atoms with Crippen LogP contribution in [0.15, 0.2) is 65.1 Å². The molecule has 2 N–H and O–H groups in total. The van der Waals surface area contributed by atoms with E-state index in [2.05, 4.69) is 10.3 Å². The number of nitrogens with zero attached hydrogens (tertiary/aromatic N) is 1. The van der Waals surface area contributed by atoms with Gasteiger partial charge in [-0.2, -0.15) is 0 Å². The fraction of sp³-hybridized carbons (Fsp3) is 0.250. The number of hydrogen-bond acceptors (Lipinski definition) is 6. The molecule has 36 heavy (non-hydrogen) atoms. The Labute approximate surface area is 213 Å². The zero-order chi connectivity index (χ0) is 25.5. The van der Waals surface area contributed by atoms with Gasteiger partial charge < -0.3 is 19.6 Å². The SMILES string of the molecule is Cc1ccc(C(=O)NCc2cc(CCC(=O)O)ccc2OCCc2nc(-c3ccccc3)oc2C)s1. The minimum atomic E-state index is -0.851. The average molecular weight is 505 g/mol. The zero-order valence-electron chi connectivity index (χ0n) is 20.2. The van der Waals surface area contributed by atoms with Gasteiger partial charge in [0.2, 0.25) is 5.89 Å². The Morgan fingerprint density at radius 2 is 1.86 bits per heavy atom. The molecule has 4 aromatic rings. The van der Waals surface area contributed by atoms with Crippen molar-refractivity contribution < 1.29 is 23.8 Å². The largest absolute Gasteiger partial charge is 0.493 e. The number of oxazole rings is 1. The number of benzene rings is 2. The topological polar surface area (TPSA) is 102 Å². The lowest BCUT2D eigenvalue weighted by Crippen LogP contribution is -2.22. The van der Waals surface area contributed by atoms with Crippen molar-refractivity contribution in [2.24, 2.45) is 0 Å². The Morgan fingerprint density at radius 3 is 2.58 bits per heavy atom. The van der Waals surface area contributed by atoms with Crippen molar-refractivity contribution in [3.63, 3.8) is 0 Å². The molecule has 0 fully saturated rings. The third-order valence-corrected chi connectivity index (χ3v) is 6.67. The Kier molecular flexibility index (Phi) is 8.17. The highest BCUT2D eigenvalue weighted by Crippen LogP contribution is 2.24. The average Bonchev–Trinajstić information content (AvgIpc) is 3.48. The maximum absolute atomic E-state index is 12.6. The van der Waals surface area contributed by atoms with Gasteiger partial charge in [-0.15, -0.1) is 11.3 Å². The number of carbonyl (C=O) groups excluding carboxylic acids is 1. The molecule has 0 saturated heterocycles. The van der Waals surface area contributed by atoms with Gasteiger partial charge in [-0.3, -0.25) is 9.59 Å². The van der Waals surface area contributed by atoms with E-state index in [1.165, 1.54) is 11.3 Å². The third-order valence-electron chi connectivity index (χ3n) is 5.67. The van der Waals surface area contributed by atoms with Crippen molar-refractivity contribution in [3.8, 4) is 17.2 Å². The summed E-state index contributed by atoms with van der Waals surface area (Å²) in [6.45, 7) is 4.49. The number of hydrogen-bond donors (Lipinski definition) is 2. The van der Waals surface area contributed by atoms with E-state index < -0.39 is 5.97 Å². The second-order valence-electron chi connectivity index (χ2n) is 8.42. The van der Waals surface area contributed by atoms with Crippen LogP contribution in [-0.4, -0.2) is 28.6 Å². The Hall–Kier alpha value is -3.91. The number of nitrogens with one attached hydrogen (secondary N) is 1. The minimum Gasteiger partial charge on any atom is -0.493 e. The molecule has 0 aliphatic carbocycles. The molecule has 0 atom stereocenters. The fourth-order valence-electron chi connectivity index (χ4n) is 3.76. The lowest BCUT2D eigenvalue weighted by molar-refractivity contribution is -0.136. The summed E-state index contributed by atoms with van der Waals surface area (Å²) in [7, 11) is 0. The smallest absolute Gasteiger partial charge is 0.303 e. The number of carboxylic acid groups (broad SMARTS) is 1. The molecule has 0 aliphatic heterocycles. The van der Waals surface area contributed by atoms with Gasteiger partial charge in [0, 0.05) is 35.4 Å². The van der Waals surface area contributed by atoms with E-state index in [9.17, 15) is 9.59 Å². The predicted octanol–water partition coefficient (Wildman–Crippen LogP) is 5.59. The predicted molar refractivity (Wildman–Crippen MR) is 138 cm³/mol. The van der Waals surface area contributed by atoms with Crippen LogP contribution in [-0.2, 0) is 24.2 Å². The number of thiophene rings is 1. The summed E-state index contributed by atoms with van der Waals surface area (Å²) in [5, 5.41) is 12.0. The van der Waals surface area contributed by atoms with Crippen LogP contribution in [0.5, 0.6) is 5.75 Å². The van der Waals surface area contributed by atoms with Crippen LogP contribution in [0.1, 0.15) is 43.6 Å². The van der Waals surface area contributed by atoms with E-state index in [4.69, 9.17) is 14.3 Å². The summed E-state index contributed by atoms with van der Waals surface area (Å²) in [5.41, 5.74) is 3.42. The molecular weight excluding hydrogens is 476 g/mol. The Balaban J connectivity index is 1.43. The highest BCUT2D eigenvalue weighted by atomic mass is 32.1. The molecule has 0 aliphatic rings. The number of amides is 1. The van der Waals surface area contributed by atoms with E-state index >= 15 is 0 Å². The molecule has 1 amide bonds. The van der Waals surface area contributed by atoms with E-state index in [1.54, 1.807) is 6.07 Å². The highest BCUT2D eigenvalue weighted by Gasteiger charge is 2.14. The van der Waals surface area contributed by atoms with Gasteiger partial charge in [0.25, 0.3) is 5.91 Å². The minimum absolute atomic E-state index is 0.0374. The van der Waals surface area contributed by atoms with Gasteiger partial charge in [0.05, 0.1) is 17.2 Å². The van der Waals surface area contributed by atoms with Crippen molar-refractivity contribution in [3.05, 3.63) is 93.0 Å². The molecule has 0 saturated carbocycles. The first-order valence-corrected chi connectivity index (χ1v) is 12.5. The van der Waals surface area contributed by atoms with Crippen molar-refractivity contribution in [2.45, 2.75) is 39.7 Å². The molecule has 8 heteroatoms. The lowest BCUT2D eigenvalue weighted by Gasteiger charge is -2.14. The maximum Gasteiger partial charge on any atom is 0.303 e. The van der Waals surface area contributed by atoms with Gasteiger partial charge >= 0.3 is 5.97 Å². The molecule has 2 aromatic heterocycles. The van der Waals surface area contributed by atoms with Gasteiger partial charge in [-0.05, 0) is 56.2 Å². The van der Waals surface area contributed by atoms with E-state index in [0.29, 0.717) is 36.0 Å². The summed E-state index contributed by atoms with van der Waals surface area (Å²) in [6.07, 6.45) is 1.000. The molecule has 7 nitrogen and oxygen atoms in total. The second-order valence-corrected chi connectivity index (χ2v) is 9.70. The number of carbonyl (C=O) groups is 2. The molecule has 0 unspecified atom stereocenters. The van der Waals surface area contributed by atoms with Crippen molar-refractivity contribution in [1.29, 1.82) is 0 Å². The molecule has 0 spiro atoms. The van der Waals surface area contributed by atoms with Crippen molar-refractivity contribution >= 4 is 23.2 Å². The van der Waals surface area contributed by atoms with Crippen LogP contribution < -0.4 is 10.1 Å². The number of aryl methyl sites for hydroxylation is 3. The summed E-state index contributed by atoms with van der Waals surface area (Å²) < 4.78 is 11.9. The van der Waals surface area contributed by atoms with Gasteiger partial charge in [-0.1, -0.05) is 30.3 Å². The van der Waals surface area contributed by atoms with Crippen LogP contribution in [0.3, 0.4) is 0 Å². The zero-order valence-corrected chi connectivity index (χ0v) is 21.1. The maximum atomic E-state index is 12.6. The number of rotatable bonds is 11. The van der Waals surface area contributed by atoms with Crippen LogP contribution in [0.25, 0.3) is 11.5 Å². The van der Waals surface area contributed by atoms with Crippen LogP contribution >= 0.6 is 11.3 Å². The second kappa shape index (κ2) is 11.7. The molecule has 0 bridgehead atoms. The van der Waals surface area contributed by atoms with Crippen LogP contribution in [0.2, 0.25) is 0 Å². The van der Waals surface area contributed by atoms with Crippen LogP contribution in [0.4, 0.5) is 0 Å². The monoisotopic (exact) mass is 504 g/mol. The lowest BCUT2D eigenvalue weighted by atomic mass is 10.1. The standard InChI is InChI=1S/C28H28N2O5S/c1-18-8-12-25(36-18)27(33)29-17-22-16-20(10-13-26(31)32)9-11-24(22)34-15-14-23-19(2)35-28(30-23)21-6-4-3-5-7-21/h3-9,11-12,16H,10,13-15,17H2,1-2H3,(H,29,33)(H,31,32). The normalized spacial score (nSPS) is 10.8. The highest BCUT2D eigenvalue weighted by molar-refractivity contribution is 7.13. The summed E-state index contributed by atoms with van der Waals surface area (Å²) in [4.78, 5) is 29.9. The van der Waals surface area contributed by atoms with Gasteiger partial charge in [-0.25, -0.2) is 4.98 Å². The fourth-order valence-corrected chi connectivity index (χ4v) is 4.54. The molecule has 186 valence electrons. The van der Waals surface area contributed by atoms with E-state index in [-0.39, 0.29) is 18.9 Å². The number of aromatic nitrogens is 1. The first-order valence-electron chi connectivity index (χ1n) is 11.7. The van der Waals surface area contributed by atoms with Gasteiger partial charge in [0.1, 0.15) is 11.5 Å². The molecule has 0 radical (unpaired) electrons. The summed E-state index contributed by atoms with van der Waals surface area (Å²) >= 11 is 1.44. The number of aliphatic carboxylic acids is 1. The van der Waals surface area contributed by atoms with Crippen LogP contribution in [0, 0.1) is 13.8 Å². The first kappa shape index (κ1) is 25.2. The van der Waals surface area contributed by atoms with E-state index in [0.717, 1.165) is 33.0 Å². The summed E-state index contributed by atoms with van der Waals surface area (Å²) in [6, 6.07) is 19.0.